The maximum atomic E-state index is 14.0. The minimum Gasteiger partial charge on any atom is -0.477 e. The first-order chi connectivity index (χ1) is 17.2. The summed E-state index contributed by atoms with van der Waals surface area (Å²) in [5, 5.41) is 1.18. The average molecular weight is 657 g/mol. The van der Waals surface area contributed by atoms with E-state index in [0.29, 0.717) is 4.72 Å². The molecule has 0 amide bonds. The van der Waals surface area contributed by atoms with E-state index in [4.69, 9.17) is 5.11 Å². The van der Waals surface area contributed by atoms with Crippen molar-refractivity contribution in [3.8, 4) is 0 Å². The molecular weight excluding hydrogens is 639 g/mol. The predicted octanol–water partition coefficient (Wildman–Crippen LogP) is 4.81. The number of nitrogens with zero attached hydrogens (tertiary/aromatic N) is 1. The van der Waals surface area contributed by atoms with Crippen molar-refractivity contribution in [2.75, 3.05) is 32.7 Å². The molecule has 0 heterocycles. The van der Waals surface area contributed by atoms with Crippen molar-refractivity contribution in [2.45, 2.75) is 60.8 Å². The molecule has 0 atom stereocenters. The first-order valence-corrected chi connectivity index (χ1v) is 11.5. The maximum absolute atomic E-state index is 14.0. The lowest BCUT2D eigenvalue weighted by Crippen LogP contribution is -2.75. The lowest BCUT2D eigenvalue weighted by atomic mass is 9.91. The van der Waals surface area contributed by atoms with Crippen molar-refractivity contribution >= 4 is 16.0 Å². The molecule has 0 rings (SSSR count). The molecule has 24 heteroatoms. The van der Waals surface area contributed by atoms with Crippen molar-refractivity contribution in [1.82, 2.24) is 4.72 Å². The van der Waals surface area contributed by atoms with Crippen LogP contribution >= 0.6 is 0 Å². The molecule has 0 saturated heterocycles. The molecule has 0 bridgehead atoms. The third-order valence-electron chi connectivity index (χ3n) is 5.72. The maximum Gasteiger partial charge on any atom is 0.460 e. The fourth-order valence-corrected chi connectivity index (χ4v) is 3.96. The monoisotopic (exact) mass is 657 g/mol. The number of quaternary nitrogens is 1. The molecule has 0 aromatic carbocycles. The van der Waals surface area contributed by atoms with Crippen molar-refractivity contribution in [2.24, 2.45) is 0 Å². The molecule has 0 aliphatic carbocycles. The Kier molecular flexibility index (Phi) is 10.3. The Morgan fingerprint density at radius 1 is 0.650 bits per heavy atom. The fourth-order valence-electron chi connectivity index (χ4n) is 2.96. The molecule has 0 aliphatic rings. The van der Waals surface area contributed by atoms with E-state index in [2.05, 4.69) is 0 Å². The van der Waals surface area contributed by atoms with Crippen LogP contribution in [0.15, 0.2) is 0 Å². The number of carboxylic acids is 1. The van der Waals surface area contributed by atoms with Crippen LogP contribution < -0.4 is 4.72 Å². The number of hydrogen-bond donors (Lipinski definition) is 2. The van der Waals surface area contributed by atoms with Crippen molar-refractivity contribution in [3.05, 3.63) is 0 Å². The Hall–Kier alpha value is -1.85. The van der Waals surface area contributed by atoms with E-state index in [-0.39, 0.29) is 13.1 Å². The number of rotatable bonds is 15. The number of carbonyl (C=O) groups is 1. The normalized spacial score (nSPS) is 15.9. The van der Waals surface area contributed by atoms with Crippen LogP contribution in [0.25, 0.3) is 0 Å². The van der Waals surface area contributed by atoms with Gasteiger partial charge in [-0.25, -0.2) is 17.9 Å². The lowest BCUT2D eigenvalue weighted by molar-refractivity contribution is -0.916. The van der Waals surface area contributed by atoms with E-state index in [1.165, 1.54) is 13.8 Å². The molecule has 0 aromatic heterocycles. The van der Waals surface area contributed by atoms with Crippen LogP contribution in [-0.2, 0) is 14.8 Å². The topological polar surface area (TPSA) is 83.5 Å². The van der Waals surface area contributed by atoms with E-state index in [0.717, 1.165) is 0 Å². The molecule has 2 N–H and O–H groups in total. The summed E-state index contributed by atoms with van der Waals surface area (Å²) in [4.78, 5) is 10.9. The Morgan fingerprint density at radius 2 is 0.975 bits per heavy atom. The molecular formula is C16H18F17N2O4S+. The van der Waals surface area contributed by atoms with E-state index in [9.17, 15) is 87.8 Å². The van der Waals surface area contributed by atoms with Crippen LogP contribution in [0, 0.1) is 0 Å². The van der Waals surface area contributed by atoms with E-state index < -0.39 is 87.1 Å². The number of nitrogens with one attached hydrogen (secondary N) is 1. The lowest BCUT2D eigenvalue weighted by Gasteiger charge is -2.42. The quantitative estimate of drug-likeness (QED) is 0.196. The van der Waals surface area contributed by atoms with E-state index in [1.807, 2.05) is 0 Å². The summed E-state index contributed by atoms with van der Waals surface area (Å²) in [7, 11) is -7.43. The molecule has 240 valence electrons. The van der Waals surface area contributed by atoms with E-state index >= 15 is 0 Å². The number of carboxylic acid groups (broad SMARTS) is 1. The highest BCUT2D eigenvalue weighted by molar-refractivity contribution is 7.90. The minimum absolute atomic E-state index is 0.215. The first kappa shape index (κ1) is 38.1. The smallest absolute Gasteiger partial charge is 0.460 e. The van der Waals surface area contributed by atoms with Gasteiger partial charge in [0, 0.05) is 0 Å². The van der Waals surface area contributed by atoms with Gasteiger partial charge in [-0.3, -0.25) is 0 Å². The van der Waals surface area contributed by atoms with Crippen LogP contribution in [0.5, 0.6) is 0 Å². The highest BCUT2D eigenvalue weighted by atomic mass is 32.2. The van der Waals surface area contributed by atoms with Gasteiger partial charge in [0.25, 0.3) is 10.0 Å². The molecule has 0 aliphatic heterocycles. The van der Waals surface area contributed by atoms with Crippen molar-refractivity contribution in [1.29, 1.82) is 0 Å². The summed E-state index contributed by atoms with van der Waals surface area (Å²) in [6, 6.07) is 0. The molecule has 40 heavy (non-hydrogen) atoms. The standard InChI is InChI=1S/C16H17F17N2O4S/c1-3-35(4-2,7-8(36)37)6-5-34-40(38,39)16(32,33)14(27,28)12(23,24)10(19,20)9(17,18)11(21,22)13(25,26)15(29,30)31/h34H,3-7H2,1-2H3/p+1. The summed E-state index contributed by atoms with van der Waals surface area (Å²) >= 11 is 0. The van der Waals surface area contributed by atoms with E-state index in [1.54, 1.807) is 0 Å². The largest absolute Gasteiger partial charge is 0.477 e. The molecule has 0 radical (unpaired) electrons. The van der Waals surface area contributed by atoms with Gasteiger partial charge in [-0.15, -0.1) is 0 Å². The second-order valence-electron chi connectivity index (χ2n) is 8.11. The van der Waals surface area contributed by atoms with Gasteiger partial charge in [-0.1, -0.05) is 0 Å². The van der Waals surface area contributed by atoms with Gasteiger partial charge < -0.3 is 9.59 Å². The van der Waals surface area contributed by atoms with Gasteiger partial charge in [-0.2, -0.15) is 74.6 Å². The van der Waals surface area contributed by atoms with Crippen LogP contribution in [0.3, 0.4) is 0 Å². The molecule has 0 spiro atoms. The number of hydrogen-bond acceptors (Lipinski definition) is 3. The third kappa shape index (κ3) is 5.62. The third-order valence-corrected chi connectivity index (χ3v) is 7.24. The fraction of sp³-hybridized carbons (Fsp3) is 0.938. The van der Waals surface area contributed by atoms with Gasteiger partial charge in [0.05, 0.1) is 26.2 Å². The van der Waals surface area contributed by atoms with Crippen molar-refractivity contribution < 1.29 is 97.4 Å². The summed E-state index contributed by atoms with van der Waals surface area (Å²) in [6.07, 6.45) is -7.91. The molecule has 0 saturated carbocycles. The number of halogens is 17. The second kappa shape index (κ2) is 10.8. The number of aliphatic carboxylic acids is 1. The van der Waals surface area contributed by atoms with Crippen LogP contribution in [-0.4, -0.2) is 104 Å². The van der Waals surface area contributed by atoms with Crippen LogP contribution in [0.2, 0.25) is 0 Å². The summed E-state index contributed by atoms with van der Waals surface area (Å²) in [6.45, 7) is -1.20. The minimum atomic E-state index is -8.90. The number of alkyl halides is 17. The zero-order valence-electron chi connectivity index (χ0n) is 19.5. The van der Waals surface area contributed by atoms with Crippen LogP contribution in [0.4, 0.5) is 74.6 Å². The van der Waals surface area contributed by atoms with Gasteiger partial charge in [0.2, 0.25) is 0 Å². The summed E-state index contributed by atoms with van der Waals surface area (Å²) in [5.74, 6) is -53.5. The SMILES string of the molecule is CC[N+](CC)(CCNS(=O)(=O)C(F)(F)C(F)(F)C(F)(F)C(F)(F)C(F)(F)C(F)(F)C(F)(F)C(F)(F)F)CC(=O)O. The molecule has 0 aromatic rings. The Balaban J connectivity index is 6.60. The van der Waals surface area contributed by atoms with Gasteiger partial charge in [-0.05, 0) is 13.8 Å². The van der Waals surface area contributed by atoms with Gasteiger partial charge >= 0.3 is 52.9 Å². The van der Waals surface area contributed by atoms with Gasteiger partial charge in [0.1, 0.15) is 0 Å². The highest BCUT2D eigenvalue weighted by Gasteiger charge is 2.96. The summed E-state index contributed by atoms with van der Waals surface area (Å²) < 4.78 is 249. The molecule has 6 nitrogen and oxygen atoms in total. The zero-order chi connectivity index (χ0) is 32.8. The van der Waals surface area contributed by atoms with Crippen molar-refractivity contribution in [3.63, 3.8) is 0 Å². The highest BCUT2D eigenvalue weighted by Crippen LogP contribution is 2.64. The molecule has 0 fully saturated rings. The first-order valence-electron chi connectivity index (χ1n) is 10.0. The molecule has 0 unspecified atom stereocenters. The second-order valence-corrected chi connectivity index (χ2v) is 9.92. The number of sulfonamides is 1. The van der Waals surface area contributed by atoms with Gasteiger partial charge in [0.15, 0.2) is 6.54 Å². The predicted molar refractivity (Wildman–Crippen MR) is 96.3 cm³/mol. The Labute approximate surface area is 212 Å². The zero-order valence-corrected chi connectivity index (χ0v) is 20.3. The Bertz CT molecular complexity index is 1020. The number of likely N-dealkylation sites (N-methyl/N-ethyl adjacent to an activating group) is 1. The average Bonchev–Trinajstić information content (AvgIpc) is 2.76. The van der Waals surface area contributed by atoms with Crippen LogP contribution in [0.1, 0.15) is 13.8 Å². The Morgan fingerprint density at radius 3 is 1.27 bits per heavy atom. The summed E-state index contributed by atoms with van der Waals surface area (Å²) in [5.41, 5.74) is 0.